The highest BCUT2D eigenvalue weighted by Crippen LogP contribution is 2.35. The lowest BCUT2D eigenvalue weighted by Crippen LogP contribution is -2.08. The van der Waals surface area contributed by atoms with Gasteiger partial charge in [-0.3, -0.25) is 14.0 Å². The van der Waals surface area contributed by atoms with Crippen LogP contribution in [-0.4, -0.2) is 21.4 Å². The molecule has 0 fully saturated rings. The number of carbonyl (C=O) groups excluding carboxylic acids is 1. The molecule has 0 radical (unpaired) electrons. The van der Waals surface area contributed by atoms with E-state index in [1.807, 2.05) is 42.5 Å². The van der Waals surface area contributed by atoms with Crippen molar-refractivity contribution in [2.75, 3.05) is 11.6 Å². The molecule has 0 aliphatic carbocycles. The van der Waals surface area contributed by atoms with E-state index in [1.165, 1.54) is 6.92 Å². The molecule has 3 rings (SSSR count). The van der Waals surface area contributed by atoms with Crippen LogP contribution in [0.3, 0.4) is 0 Å². The van der Waals surface area contributed by atoms with E-state index in [2.05, 4.69) is 10.3 Å². The van der Waals surface area contributed by atoms with Gasteiger partial charge < -0.3 is 5.32 Å². The second kappa shape index (κ2) is 7.81. The first-order chi connectivity index (χ1) is 12.5. The highest BCUT2D eigenvalue weighted by molar-refractivity contribution is 7.84. The molecular formula is C20H17ClN2O2S. The summed E-state index contributed by atoms with van der Waals surface area (Å²) in [5.41, 5.74) is 3.96. The summed E-state index contributed by atoms with van der Waals surface area (Å²) in [6.45, 7) is 1.44. The number of aromatic nitrogens is 1. The second-order valence-electron chi connectivity index (χ2n) is 5.75. The molecule has 0 saturated heterocycles. The fraction of sp³-hybridized carbons (Fsp3) is 0.100. The van der Waals surface area contributed by atoms with E-state index in [1.54, 1.807) is 24.6 Å². The maximum Gasteiger partial charge on any atom is 0.221 e. The highest BCUT2D eigenvalue weighted by atomic mass is 35.5. The van der Waals surface area contributed by atoms with Crippen LogP contribution in [0, 0.1) is 0 Å². The predicted molar refractivity (Wildman–Crippen MR) is 107 cm³/mol. The molecule has 26 heavy (non-hydrogen) atoms. The second-order valence-corrected chi connectivity index (χ2v) is 7.57. The maximum absolute atomic E-state index is 11.8. The molecule has 1 unspecified atom stereocenters. The summed E-state index contributed by atoms with van der Waals surface area (Å²) in [5, 5.41) is 3.48. The maximum atomic E-state index is 11.8. The minimum atomic E-state index is -1.15. The Hall–Kier alpha value is -2.50. The molecule has 2 aromatic carbocycles. The van der Waals surface area contributed by atoms with E-state index < -0.39 is 10.8 Å². The van der Waals surface area contributed by atoms with Gasteiger partial charge in [-0.2, -0.15) is 0 Å². The topological polar surface area (TPSA) is 59.1 Å². The minimum absolute atomic E-state index is 0.200. The Morgan fingerprint density at radius 3 is 2.46 bits per heavy atom. The van der Waals surface area contributed by atoms with Crippen LogP contribution in [0.15, 0.2) is 65.7 Å². The summed E-state index contributed by atoms with van der Waals surface area (Å²) in [7, 11) is -1.15. The summed E-state index contributed by atoms with van der Waals surface area (Å²) in [4.78, 5) is 16.8. The molecule has 0 bridgehead atoms. The van der Waals surface area contributed by atoms with Crippen LogP contribution >= 0.6 is 11.6 Å². The number of benzene rings is 2. The van der Waals surface area contributed by atoms with Gasteiger partial charge in [-0.1, -0.05) is 29.8 Å². The summed E-state index contributed by atoms with van der Waals surface area (Å²) in [6.07, 6.45) is 3.31. The van der Waals surface area contributed by atoms with Gasteiger partial charge in [-0.05, 0) is 42.0 Å². The van der Waals surface area contributed by atoms with E-state index in [0.717, 1.165) is 22.4 Å². The molecule has 132 valence electrons. The molecule has 0 spiro atoms. The average molecular weight is 385 g/mol. The van der Waals surface area contributed by atoms with Gasteiger partial charge in [-0.15, -0.1) is 0 Å². The van der Waals surface area contributed by atoms with Crippen molar-refractivity contribution in [3.63, 3.8) is 0 Å². The summed E-state index contributed by atoms with van der Waals surface area (Å²) in [5.74, 6) is -0.200. The number of rotatable bonds is 4. The van der Waals surface area contributed by atoms with Gasteiger partial charge in [0.05, 0.1) is 11.4 Å². The molecule has 0 aliphatic rings. The zero-order valence-electron chi connectivity index (χ0n) is 14.3. The molecule has 1 heterocycles. The molecular weight excluding hydrogens is 368 g/mol. The quantitative estimate of drug-likeness (QED) is 0.705. The van der Waals surface area contributed by atoms with Crippen molar-refractivity contribution in [2.24, 2.45) is 0 Å². The van der Waals surface area contributed by atoms with Crippen LogP contribution in [-0.2, 0) is 15.6 Å². The van der Waals surface area contributed by atoms with Crippen molar-refractivity contribution < 1.29 is 9.00 Å². The minimum Gasteiger partial charge on any atom is -0.326 e. The zero-order valence-corrected chi connectivity index (χ0v) is 15.9. The molecule has 0 aliphatic heterocycles. The van der Waals surface area contributed by atoms with Gasteiger partial charge in [0, 0.05) is 51.2 Å². The number of nitrogens with one attached hydrogen (secondary N) is 1. The van der Waals surface area contributed by atoms with Gasteiger partial charge in [0.25, 0.3) is 0 Å². The molecule has 1 N–H and O–H groups in total. The monoisotopic (exact) mass is 384 g/mol. The third kappa shape index (κ3) is 4.00. The van der Waals surface area contributed by atoms with E-state index in [0.29, 0.717) is 15.6 Å². The van der Waals surface area contributed by atoms with E-state index in [-0.39, 0.29) is 5.91 Å². The largest absolute Gasteiger partial charge is 0.326 e. The highest BCUT2D eigenvalue weighted by Gasteiger charge is 2.15. The van der Waals surface area contributed by atoms with Crippen molar-refractivity contribution in [1.82, 2.24) is 4.98 Å². The standard InChI is InChI=1S/C20H17ClN2O2S/c1-13(24)23-19-12-16(26(2)25)9-10-18(19)20-17(4-3-11-22-20)14-5-7-15(21)8-6-14/h3-12H,1-2H3,(H,23,24). The van der Waals surface area contributed by atoms with Crippen molar-refractivity contribution in [3.8, 4) is 22.4 Å². The third-order valence-electron chi connectivity index (χ3n) is 3.85. The number of halogens is 1. The first-order valence-corrected chi connectivity index (χ1v) is 9.85. The number of hydrogen-bond acceptors (Lipinski definition) is 3. The summed E-state index contributed by atoms with van der Waals surface area (Å²) >= 11 is 5.99. The molecule has 3 aromatic rings. The molecule has 6 heteroatoms. The smallest absolute Gasteiger partial charge is 0.221 e. The van der Waals surface area contributed by atoms with Crippen LogP contribution in [0.2, 0.25) is 5.02 Å². The van der Waals surface area contributed by atoms with E-state index in [9.17, 15) is 9.00 Å². The van der Waals surface area contributed by atoms with Gasteiger partial charge >= 0.3 is 0 Å². The fourth-order valence-corrected chi connectivity index (χ4v) is 3.35. The number of anilines is 1. The Labute approximate surface area is 159 Å². The van der Waals surface area contributed by atoms with Crippen LogP contribution < -0.4 is 5.32 Å². The van der Waals surface area contributed by atoms with E-state index in [4.69, 9.17) is 11.6 Å². The number of hydrogen-bond donors (Lipinski definition) is 1. The van der Waals surface area contributed by atoms with Gasteiger partial charge in [0.2, 0.25) is 5.91 Å². The third-order valence-corrected chi connectivity index (χ3v) is 5.02. The number of nitrogens with zero attached hydrogens (tertiary/aromatic N) is 1. The Bertz CT molecular complexity index is 987. The van der Waals surface area contributed by atoms with Gasteiger partial charge in [0.1, 0.15) is 0 Å². The fourth-order valence-electron chi connectivity index (χ4n) is 2.68. The lowest BCUT2D eigenvalue weighted by atomic mass is 9.98. The summed E-state index contributed by atoms with van der Waals surface area (Å²) in [6, 6.07) is 16.7. The van der Waals surface area contributed by atoms with Gasteiger partial charge in [0.15, 0.2) is 0 Å². The first-order valence-electron chi connectivity index (χ1n) is 7.92. The predicted octanol–water partition coefficient (Wildman–Crippen LogP) is 4.76. The normalized spacial score (nSPS) is 11.8. The molecule has 1 aromatic heterocycles. The molecule has 1 atom stereocenters. The SMILES string of the molecule is CC(=O)Nc1cc(S(C)=O)ccc1-c1ncccc1-c1ccc(Cl)cc1. The Morgan fingerprint density at radius 2 is 1.81 bits per heavy atom. The van der Waals surface area contributed by atoms with Crippen molar-refractivity contribution >= 4 is 34.0 Å². The Morgan fingerprint density at radius 1 is 1.08 bits per heavy atom. The number of amides is 1. The lowest BCUT2D eigenvalue weighted by Gasteiger charge is -2.14. The van der Waals surface area contributed by atoms with Crippen LogP contribution in [0.1, 0.15) is 6.92 Å². The first kappa shape index (κ1) is 18.3. The molecule has 0 saturated carbocycles. The lowest BCUT2D eigenvalue weighted by molar-refractivity contribution is -0.114. The van der Waals surface area contributed by atoms with Crippen LogP contribution in [0.4, 0.5) is 5.69 Å². The van der Waals surface area contributed by atoms with Gasteiger partial charge in [-0.25, -0.2) is 0 Å². The van der Waals surface area contributed by atoms with Crippen LogP contribution in [0.5, 0.6) is 0 Å². The molecule has 4 nitrogen and oxygen atoms in total. The number of carbonyl (C=O) groups is 1. The number of pyridine rings is 1. The Balaban J connectivity index is 2.19. The molecule has 1 amide bonds. The van der Waals surface area contributed by atoms with Crippen molar-refractivity contribution in [1.29, 1.82) is 0 Å². The van der Waals surface area contributed by atoms with E-state index >= 15 is 0 Å². The zero-order chi connectivity index (χ0) is 18.7. The summed E-state index contributed by atoms with van der Waals surface area (Å²) < 4.78 is 11.8. The average Bonchev–Trinajstić information content (AvgIpc) is 2.62. The Kier molecular flexibility index (Phi) is 5.49. The van der Waals surface area contributed by atoms with Crippen molar-refractivity contribution in [2.45, 2.75) is 11.8 Å². The van der Waals surface area contributed by atoms with Crippen LogP contribution in [0.25, 0.3) is 22.4 Å². The van der Waals surface area contributed by atoms with Crippen molar-refractivity contribution in [3.05, 3.63) is 65.8 Å².